The lowest BCUT2D eigenvalue weighted by Crippen LogP contribution is -2.19. The van der Waals surface area contributed by atoms with Gasteiger partial charge in [-0.05, 0) is 60.7 Å². The van der Waals surface area contributed by atoms with Crippen molar-refractivity contribution in [3.05, 3.63) is 89.6 Å². The number of furan rings is 1. The number of halogens is 1. The van der Waals surface area contributed by atoms with Gasteiger partial charge in [0.2, 0.25) is 0 Å². The highest BCUT2D eigenvalue weighted by Crippen LogP contribution is 2.24. The van der Waals surface area contributed by atoms with Crippen LogP contribution in [0.25, 0.3) is 11.0 Å². The van der Waals surface area contributed by atoms with E-state index in [1.807, 2.05) is 18.2 Å². The molecule has 4 rings (SSSR count). The van der Waals surface area contributed by atoms with Gasteiger partial charge in [-0.25, -0.2) is 4.79 Å². The Labute approximate surface area is 171 Å². The highest BCUT2D eigenvalue weighted by atomic mass is 35.5. The molecule has 3 amide bonds. The first kappa shape index (κ1) is 18.6. The van der Waals surface area contributed by atoms with E-state index in [1.54, 1.807) is 60.7 Å². The Morgan fingerprint density at radius 3 is 2.03 bits per heavy atom. The van der Waals surface area contributed by atoms with Crippen molar-refractivity contribution < 1.29 is 14.0 Å². The second-order valence-electron chi connectivity index (χ2n) is 6.27. The van der Waals surface area contributed by atoms with E-state index >= 15 is 0 Å². The smallest absolute Gasteiger partial charge is 0.323 e. The third kappa shape index (κ3) is 4.56. The molecule has 29 heavy (non-hydrogen) atoms. The van der Waals surface area contributed by atoms with Crippen molar-refractivity contribution in [3.63, 3.8) is 0 Å². The molecule has 0 aliphatic rings. The topological polar surface area (TPSA) is 83.4 Å². The van der Waals surface area contributed by atoms with Crippen LogP contribution < -0.4 is 16.0 Å². The lowest BCUT2D eigenvalue weighted by molar-refractivity contribution is 0.0998. The monoisotopic (exact) mass is 405 g/mol. The number of carbonyl (C=O) groups excluding carboxylic acids is 2. The summed E-state index contributed by atoms with van der Waals surface area (Å²) < 4.78 is 5.55. The van der Waals surface area contributed by atoms with Crippen LogP contribution in [0.5, 0.6) is 0 Å². The van der Waals surface area contributed by atoms with Crippen LogP contribution in [0.1, 0.15) is 10.6 Å². The Balaban J connectivity index is 1.38. The first-order valence-electron chi connectivity index (χ1n) is 8.80. The quantitative estimate of drug-likeness (QED) is 0.390. The number of amides is 3. The minimum atomic E-state index is -0.375. The maximum absolute atomic E-state index is 12.4. The fourth-order valence-corrected chi connectivity index (χ4v) is 2.95. The van der Waals surface area contributed by atoms with Crippen molar-refractivity contribution in [1.29, 1.82) is 0 Å². The number of fused-ring (bicyclic) bond motifs is 1. The molecule has 0 atom stereocenters. The molecule has 1 heterocycles. The Bertz CT molecular complexity index is 1170. The molecule has 0 bridgehead atoms. The minimum Gasteiger partial charge on any atom is -0.451 e. The lowest BCUT2D eigenvalue weighted by atomic mass is 10.2. The standard InChI is InChI=1S/C22H16ClN3O3/c23-15-6-11-19-14(12-15)13-20(29-19)21(27)24-17-7-9-18(10-8-17)26-22(28)25-16-4-2-1-3-5-16/h1-13H,(H,24,27)(H2,25,26,28). The lowest BCUT2D eigenvalue weighted by Gasteiger charge is -2.08. The zero-order valence-corrected chi connectivity index (χ0v) is 15.9. The van der Waals surface area contributed by atoms with Gasteiger partial charge in [-0.3, -0.25) is 4.79 Å². The molecule has 0 saturated carbocycles. The van der Waals surface area contributed by atoms with Crippen LogP contribution in [-0.4, -0.2) is 11.9 Å². The Kier molecular flexibility index (Phi) is 5.18. The molecular formula is C22H16ClN3O3. The SMILES string of the molecule is O=C(Nc1ccccc1)Nc1ccc(NC(=O)c2cc3cc(Cl)ccc3o2)cc1. The zero-order chi connectivity index (χ0) is 20.2. The van der Waals surface area contributed by atoms with Crippen LogP contribution in [0, 0.1) is 0 Å². The summed E-state index contributed by atoms with van der Waals surface area (Å²) in [6.45, 7) is 0. The summed E-state index contributed by atoms with van der Waals surface area (Å²) in [5.41, 5.74) is 2.45. The van der Waals surface area contributed by atoms with Crippen molar-refractivity contribution >= 4 is 51.6 Å². The molecule has 0 aliphatic carbocycles. The van der Waals surface area contributed by atoms with Gasteiger partial charge < -0.3 is 20.4 Å². The number of para-hydroxylation sites is 1. The molecular weight excluding hydrogens is 390 g/mol. The number of anilines is 3. The summed E-state index contributed by atoms with van der Waals surface area (Å²) in [5, 5.41) is 9.56. The number of urea groups is 1. The molecule has 4 aromatic rings. The first-order valence-corrected chi connectivity index (χ1v) is 9.18. The van der Waals surface area contributed by atoms with Crippen LogP contribution >= 0.6 is 11.6 Å². The van der Waals surface area contributed by atoms with Gasteiger partial charge in [0.15, 0.2) is 5.76 Å². The van der Waals surface area contributed by atoms with Crippen molar-refractivity contribution in [2.75, 3.05) is 16.0 Å². The van der Waals surface area contributed by atoms with Crippen LogP contribution in [-0.2, 0) is 0 Å². The van der Waals surface area contributed by atoms with Crippen LogP contribution in [0.2, 0.25) is 5.02 Å². The number of nitrogens with one attached hydrogen (secondary N) is 3. The molecule has 144 valence electrons. The highest BCUT2D eigenvalue weighted by Gasteiger charge is 2.13. The van der Waals surface area contributed by atoms with Gasteiger partial charge in [0, 0.05) is 27.5 Å². The molecule has 3 aromatic carbocycles. The molecule has 0 saturated heterocycles. The molecule has 3 N–H and O–H groups in total. The second-order valence-corrected chi connectivity index (χ2v) is 6.71. The molecule has 1 aromatic heterocycles. The van der Waals surface area contributed by atoms with E-state index in [2.05, 4.69) is 16.0 Å². The summed E-state index contributed by atoms with van der Waals surface area (Å²) >= 11 is 5.96. The van der Waals surface area contributed by atoms with E-state index in [0.717, 1.165) is 5.39 Å². The van der Waals surface area contributed by atoms with Gasteiger partial charge in [-0.15, -0.1) is 0 Å². The fourth-order valence-electron chi connectivity index (χ4n) is 2.77. The summed E-state index contributed by atoms with van der Waals surface area (Å²) in [7, 11) is 0. The van der Waals surface area contributed by atoms with Gasteiger partial charge in [-0.1, -0.05) is 29.8 Å². The largest absolute Gasteiger partial charge is 0.451 e. The van der Waals surface area contributed by atoms with Crippen LogP contribution in [0.4, 0.5) is 21.9 Å². The normalized spacial score (nSPS) is 10.5. The summed E-state index contributed by atoms with van der Waals surface area (Å²) in [5.74, 6) is -0.188. The van der Waals surface area contributed by atoms with Crippen molar-refractivity contribution in [2.45, 2.75) is 0 Å². The Morgan fingerprint density at radius 2 is 1.34 bits per heavy atom. The van der Waals surface area contributed by atoms with E-state index in [9.17, 15) is 9.59 Å². The number of hydrogen-bond donors (Lipinski definition) is 3. The van der Waals surface area contributed by atoms with Crippen LogP contribution in [0.15, 0.2) is 83.3 Å². The molecule has 7 heteroatoms. The van der Waals surface area contributed by atoms with Gasteiger partial charge in [-0.2, -0.15) is 0 Å². The Morgan fingerprint density at radius 1 is 0.724 bits per heavy atom. The third-order valence-electron chi connectivity index (χ3n) is 4.13. The van der Waals surface area contributed by atoms with Crippen molar-refractivity contribution in [2.24, 2.45) is 0 Å². The summed E-state index contributed by atoms with van der Waals surface area (Å²) in [6.07, 6.45) is 0. The average Bonchev–Trinajstić information content (AvgIpc) is 3.13. The van der Waals surface area contributed by atoms with E-state index in [4.69, 9.17) is 16.0 Å². The first-order chi connectivity index (χ1) is 14.1. The van der Waals surface area contributed by atoms with Gasteiger partial charge in [0.25, 0.3) is 5.91 Å². The second kappa shape index (κ2) is 8.08. The predicted molar refractivity (Wildman–Crippen MR) is 115 cm³/mol. The molecule has 0 radical (unpaired) electrons. The van der Waals surface area contributed by atoms with E-state index in [0.29, 0.717) is 27.7 Å². The fraction of sp³-hybridized carbons (Fsp3) is 0. The van der Waals surface area contributed by atoms with Gasteiger partial charge in [0.05, 0.1) is 0 Å². The number of rotatable bonds is 4. The van der Waals surface area contributed by atoms with Gasteiger partial charge in [0.1, 0.15) is 5.58 Å². The third-order valence-corrected chi connectivity index (χ3v) is 4.37. The van der Waals surface area contributed by atoms with E-state index in [1.165, 1.54) is 0 Å². The Hall–Kier alpha value is -3.77. The summed E-state index contributed by atoms with van der Waals surface area (Å²) in [4.78, 5) is 24.4. The molecule has 0 spiro atoms. The predicted octanol–water partition coefficient (Wildman–Crippen LogP) is 5.98. The average molecular weight is 406 g/mol. The van der Waals surface area contributed by atoms with E-state index < -0.39 is 0 Å². The van der Waals surface area contributed by atoms with Crippen LogP contribution in [0.3, 0.4) is 0 Å². The molecule has 0 fully saturated rings. The number of carbonyl (C=O) groups is 2. The maximum Gasteiger partial charge on any atom is 0.323 e. The van der Waals surface area contributed by atoms with Crippen molar-refractivity contribution in [1.82, 2.24) is 0 Å². The molecule has 0 aliphatic heterocycles. The number of hydrogen-bond acceptors (Lipinski definition) is 3. The molecule has 6 nitrogen and oxygen atoms in total. The van der Waals surface area contributed by atoms with E-state index in [-0.39, 0.29) is 17.7 Å². The minimum absolute atomic E-state index is 0.187. The zero-order valence-electron chi connectivity index (χ0n) is 15.1. The highest BCUT2D eigenvalue weighted by molar-refractivity contribution is 6.31. The van der Waals surface area contributed by atoms with Crippen molar-refractivity contribution in [3.8, 4) is 0 Å². The summed E-state index contributed by atoms with van der Waals surface area (Å²) in [6, 6.07) is 22.3. The molecule has 0 unspecified atom stereocenters. The van der Waals surface area contributed by atoms with Gasteiger partial charge >= 0.3 is 6.03 Å². The maximum atomic E-state index is 12.4. The number of benzene rings is 3.